The molecule has 2 aromatic carbocycles. The molecule has 1 unspecified atom stereocenters. The minimum absolute atomic E-state index is 0.262. The van der Waals surface area contributed by atoms with E-state index in [0.29, 0.717) is 24.5 Å². The highest BCUT2D eigenvalue weighted by molar-refractivity contribution is 6.07. The second kappa shape index (κ2) is 8.53. The van der Waals surface area contributed by atoms with Crippen LogP contribution in [0.2, 0.25) is 0 Å². The molecule has 1 saturated heterocycles. The van der Waals surface area contributed by atoms with Gasteiger partial charge in [0.2, 0.25) is 0 Å². The molecule has 0 radical (unpaired) electrons. The molecule has 3 amide bonds. The minimum atomic E-state index is -1.11. The van der Waals surface area contributed by atoms with Gasteiger partial charge in [0.1, 0.15) is 23.6 Å². The number of quaternary nitrogens is 1. The average molecular weight is 398 g/mol. The molecular weight excluding hydrogens is 370 g/mol. The van der Waals surface area contributed by atoms with Gasteiger partial charge in [-0.2, -0.15) is 0 Å². The van der Waals surface area contributed by atoms with Crippen LogP contribution in [0.4, 0.5) is 4.79 Å². The van der Waals surface area contributed by atoms with Gasteiger partial charge in [0, 0.05) is 5.56 Å². The van der Waals surface area contributed by atoms with E-state index in [1.165, 1.54) is 4.90 Å². The van der Waals surface area contributed by atoms with Crippen molar-refractivity contribution in [2.24, 2.45) is 0 Å². The second-order valence-corrected chi connectivity index (χ2v) is 7.39. The Morgan fingerprint density at radius 1 is 1.10 bits per heavy atom. The van der Waals surface area contributed by atoms with Gasteiger partial charge in [-0.1, -0.05) is 12.1 Å². The molecule has 0 aliphatic carbocycles. The van der Waals surface area contributed by atoms with Crippen molar-refractivity contribution in [2.45, 2.75) is 25.9 Å². The van der Waals surface area contributed by atoms with Crippen molar-refractivity contribution in [1.29, 1.82) is 0 Å². The standard InChI is InChI=1S/C22H27N3O4/c1-5-29-18-11-9-16(10-12-18)14-24(3)15-25-20(26)22(2,23-21(25)27)17-7-6-8-19(13-17)28-4/h6-13H,5,14-15H2,1-4H3,(H,23,27)/p+1/t22-/m0/s1. The number of amides is 3. The molecule has 2 N–H and O–H groups in total. The van der Waals surface area contributed by atoms with Crippen molar-refractivity contribution in [1.82, 2.24) is 10.2 Å². The highest BCUT2D eigenvalue weighted by Gasteiger charge is 2.50. The molecule has 3 rings (SSSR count). The summed E-state index contributed by atoms with van der Waals surface area (Å²) in [6.45, 7) is 5.26. The Balaban J connectivity index is 1.69. The second-order valence-electron chi connectivity index (χ2n) is 7.39. The number of urea groups is 1. The molecule has 7 heteroatoms. The van der Waals surface area contributed by atoms with E-state index in [1.54, 1.807) is 26.2 Å². The van der Waals surface area contributed by atoms with Gasteiger partial charge in [-0.15, -0.1) is 0 Å². The summed E-state index contributed by atoms with van der Waals surface area (Å²) in [6.07, 6.45) is 0. The number of imide groups is 1. The maximum atomic E-state index is 13.1. The highest BCUT2D eigenvalue weighted by atomic mass is 16.5. The molecular formula is C22H28N3O4+. The Hall–Kier alpha value is -3.06. The number of carbonyl (C=O) groups excluding carboxylic acids is 2. The van der Waals surface area contributed by atoms with Crippen molar-refractivity contribution in [2.75, 3.05) is 27.4 Å². The first-order valence-corrected chi connectivity index (χ1v) is 9.69. The topological polar surface area (TPSA) is 72.3 Å². The number of rotatable bonds is 8. The predicted octanol–water partition coefficient (Wildman–Crippen LogP) is 1.53. The van der Waals surface area contributed by atoms with E-state index in [1.807, 2.05) is 50.4 Å². The summed E-state index contributed by atoms with van der Waals surface area (Å²) in [7, 11) is 3.53. The summed E-state index contributed by atoms with van der Waals surface area (Å²) in [6, 6.07) is 14.7. The maximum absolute atomic E-state index is 13.1. The van der Waals surface area contributed by atoms with Crippen LogP contribution >= 0.6 is 0 Å². The minimum Gasteiger partial charge on any atom is -0.497 e. The van der Waals surface area contributed by atoms with E-state index in [-0.39, 0.29) is 18.6 Å². The molecule has 29 heavy (non-hydrogen) atoms. The fourth-order valence-electron chi connectivity index (χ4n) is 3.51. The fourth-order valence-corrected chi connectivity index (χ4v) is 3.51. The molecule has 1 heterocycles. The first-order chi connectivity index (χ1) is 13.9. The lowest BCUT2D eigenvalue weighted by Gasteiger charge is -2.23. The van der Waals surface area contributed by atoms with Crippen LogP contribution in [0.3, 0.4) is 0 Å². The number of ether oxygens (including phenoxy) is 2. The van der Waals surface area contributed by atoms with E-state index in [2.05, 4.69) is 5.32 Å². The SMILES string of the molecule is CCOc1ccc(C[NH+](C)CN2C(=O)N[C@@](C)(c3cccc(OC)c3)C2=O)cc1. The lowest BCUT2D eigenvalue weighted by molar-refractivity contribution is -0.901. The largest absolute Gasteiger partial charge is 0.497 e. The van der Waals surface area contributed by atoms with E-state index < -0.39 is 5.54 Å². The number of hydrogen-bond acceptors (Lipinski definition) is 4. The summed E-state index contributed by atoms with van der Waals surface area (Å²) in [5.41, 5.74) is 0.695. The molecule has 1 aliphatic heterocycles. The number of benzene rings is 2. The highest BCUT2D eigenvalue weighted by Crippen LogP contribution is 2.30. The zero-order chi connectivity index (χ0) is 21.0. The molecule has 0 spiro atoms. The summed E-state index contributed by atoms with van der Waals surface area (Å²) >= 11 is 0. The molecule has 0 aromatic heterocycles. The molecule has 7 nitrogen and oxygen atoms in total. The molecule has 2 atom stereocenters. The first kappa shape index (κ1) is 20.7. The smallest absolute Gasteiger partial charge is 0.329 e. The van der Waals surface area contributed by atoms with Gasteiger partial charge in [0.15, 0.2) is 6.67 Å². The van der Waals surface area contributed by atoms with Crippen molar-refractivity contribution < 1.29 is 24.0 Å². The van der Waals surface area contributed by atoms with Crippen LogP contribution in [0.5, 0.6) is 11.5 Å². The Labute approximate surface area is 171 Å². The van der Waals surface area contributed by atoms with Crippen LogP contribution in [0.25, 0.3) is 0 Å². The third-order valence-corrected chi connectivity index (χ3v) is 5.09. The number of hydrogen-bond donors (Lipinski definition) is 2. The fraction of sp³-hybridized carbons (Fsp3) is 0.364. The van der Waals surface area contributed by atoms with Crippen molar-refractivity contribution in [3.8, 4) is 11.5 Å². The van der Waals surface area contributed by atoms with Crippen molar-refractivity contribution in [3.05, 3.63) is 59.7 Å². The quantitative estimate of drug-likeness (QED) is 0.662. The van der Waals surface area contributed by atoms with Crippen LogP contribution in [-0.4, -0.2) is 44.3 Å². The summed E-state index contributed by atoms with van der Waals surface area (Å²) in [5.74, 6) is 1.21. The third-order valence-electron chi connectivity index (χ3n) is 5.09. The number of carbonyl (C=O) groups is 2. The lowest BCUT2D eigenvalue weighted by atomic mass is 9.92. The molecule has 2 aromatic rings. The van der Waals surface area contributed by atoms with Gasteiger partial charge < -0.3 is 19.7 Å². The van der Waals surface area contributed by atoms with Gasteiger partial charge in [0.05, 0.1) is 20.8 Å². The molecule has 0 saturated carbocycles. The van der Waals surface area contributed by atoms with Crippen molar-refractivity contribution >= 4 is 11.9 Å². The molecule has 154 valence electrons. The van der Waals surface area contributed by atoms with Gasteiger partial charge in [-0.3, -0.25) is 4.79 Å². The normalized spacial score (nSPS) is 19.8. The van der Waals surface area contributed by atoms with E-state index in [9.17, 15) is 9.59 Å². The van der Waals surface area contributed by atoms with Gasteiger partial charge in [-0.05, 0) is 55.8 Å². The number of nitrogens with one attached hydrogen (secondary N) is 2. The zero-order valence-electron chi connectivity index (χ0n) is 17.3. The number of methoxy groups -OCH3 is 1. The summed E-state index contributed by atoms with van der Waals surface area (Å²) < 4.78 is 10.7. The third kappa shape index (κ3) is 4.35. The number of nitrogens with zero attached hydrogens (tertiary/aromatic N) is 1. The van der Waals surface area contributed by atoms with Crippen molar-refractivity contribution in [3.63, 3.8) is 0 Å². The van der Waals surface area contributed by atoms with Gasteiger partial charge in [-0.25, -0.2) is 9.69 Å². The predicted molar refractivity (Wildman–Crippen MR) is 109 cm³/mol. The lowest BCUT2D eigenvalue weighted by Crippen LogP contribution is -3.09. The van der Waals surface area contributed by atoms with Crippen LogP contribution in [0, 0.1) is 0 Å². The van der Waals surface area contributed by atoms with E-state index in [4.69, 9.17) is 9.47 Å². The van der Waals surface area contributed by atoms with Crippen LogP contribution < -0.4 is 19.7 Å². The van der Waals surface area contributed by atoms with Gasteiger partial charge in [0.25, 0.3) is 5.91 Å². The summed E-state index contributed by atoms with van der Waals surface area (Å²) in [4.78, 5) is 28.0. The van der Waals surface area contributed by atoms with Crippen LogP contribution in [0.15, 0.2) is 48.5 Å². The first-order valence-electron chi connectivity index (χ1n) is 9.69. The van der Waals surface area contributed by atoms with E-state index >= 15 is 0 Å². The van der Waals surface area contributed by atoms with Crippen LogP contribution in [0.1, 0.15) is 25.0 Å². The molecule has 1 aliphatic rings. The maximum Gasteiger partial charge on any atom is 0.329 e. The van der Waals surface area contributed by atoms with Gasteiger partial charge >= 0.3 is 6.03 Å². The zero-order valence-corrected chi connectivity index (χ0v) is 17.3. The Kier molecular flexibility index (Phi) is 6.08. The molecule has 0 bridgehead atoms. The monoisotopic (exact) mass is 398 g/mol. The molecule has 1 fully saturated rings. The Morgan fingerprint density at radius 3 is 2.48 bits per heavy atom. The van der Waals surface area contributed by atoms with E-state index in [0.717, 1.165) is 16.2 Å². The average Bonchev–Trinajstić information content (AvgIpc) is 2.94. The Morgan fingerprint density at radius 2 is 1.83 bits per heavy atom. The summed E-state index contributed by atoms with van der Waals surface area (Å²) in [5, 5.41) is 2.84. The van der Waals surface area contributed by atoms with Crippen LogP contribution in [-0.2, 0) is 16.9 Å². The Bertz CT molecular complexity index is 884.